The van der Waals surface area contributed by atoms with E-state index in [0.717, 1.165) is 102 Å². The zero-order chi connectivity index (χ0) is 59.9. The zero-order valence-corrected chi connectivity index (χ0v) is 50.5. The molecule has 91 heavy (non-hydrogen) atoms. The van der Waals surface area contributed by atoms with Gasteiger partial charge in [-0.05, 0) is 140 Å². The van der Waals surface area contributed by atoms with Crippen molar-refractivity contribution in [1.29, 1.82) is 0 Å². The molecule has 14 aromatic rings. The molecule has 0 saturated heterocycles. The molecular weight excluding hydrogens is 1120 g/mol. The molecule has 4 aliphatic rings. The summed E-state index contributed by atoms with van der Waals surface area (Å²) >= 11 is 1.90. The Kier molecular flexibility index (Phi) is 12.7. The largest absolute Gasteiger partial charge is 0.311 e. The van der Waals surface area contributed by atoms with Gasteiger partial charge in [-0.3, -0.25) is 0 Å². The standard InChI is InChI=1S/C84H56B2N4S/c1-8-29-57(30-9-1)61-51-77-82-78(52-61)90(84-67(59-33-12-3-13-34-59)44-28-45-68(84)60-35-14-4-15-36-60)76-56-75-71(55-72(76)85(82)69-46-23-26-49-74(69)89(77)73-48-25-22-43-66(73)58-31-10-2-11-32-58)86-70-47-24-27-50-80(70)91-81-54-65(53-79(83(81)86)88(75)64-41-20-7-21-42-64)87(62-37-16-5-17-38-62)63-39-18-6-19-40-63/h1-56H. The van der Waals surface area contributed by atoms with E-state index in [9.17, 15) is 0 Å². The maximum absolute atomic E-state index is 2.69. The second-order valence-corrected chi connectivity index (χ2v) is 25.0. The van der Waals surface area contributed by atoms with Crippen molar-refractivity contribution in [3.8, 4) is 44.5 Å². The summed E-state index contributed by atoms with van der Waals surface area (Å²) in [6.07, 6.45) is 0. The van der Waals surface area contributed by atoms with Crippen LogP contribution in [-0.4, -0.2) is 13.4 Å². The van der Waals surface area contributed by atoms with Gasteiger partial charge in [0.1, 0.15) is 0 Å². The van der Waals surface area contributed by atoms with Gasteiger partial charge in [0.25, 0.3) is 6.71 Å². The molecule has 0 N–H and O–H groups in total. The third kappa shape index (κ3) is 8.64. The molecule has 0 aliphatic carbocycles. The Morgan fingerprint density at radius 1 is 0.242 bits per heavy atom. The molecule has 0 spiro atoms. The third-order valence-electron chi connectivity index (χ3n) is 18.8. The van der Waals surface area contributed by atoms with Crippen molar-refractivity contribution in [2.24, 2.45) is 0 Å². The fourth-order valence-corrected chi connectivity index (χ4v) is 16.2. The minimum absolute atomic E-state index is 0.0991. The number of hydrogen-bond acceptors (Lipinski definition) is 5. The molecule has 0 fully saturated rings. The molecule has 0 bridgehead atoms. The quantitative estimate of drug-likeness (QED) is 0.126. The van der Waals surface area contributed by atoms with Crippen LogP contribution in [0.15, 0.2) is 350 Å². The number of anilines is 12. The highest BCUT2D eigenvalue weighted by Crippen LogP contribution is 2.54. The van der Waals surface area contributed by atoms with Gasteiger partial charge in [-0.15, -0.1) is 0 Å². The van der Waals surface area contributed by atoms with Gasteiger partial charge in [0, 0.05) is 83.4 Å². The van der Waals surface area contributed by atoms with Crippen molar-refractivity contribution in [2.45, 2.75) is 9.79 Å². The lowest BCUT2D eigenvalue weighted by molar-refractivity contribution is 1.22. The molecule has 0 amide bonds. The molecule has 0 unspecified atom stereocenters. The number of fused-ring (bicyclic) bond motifs is 8. The van der Waals surface area contributed by atoms with Gasteiger partial charge in [0.05, 0.1) is 11.4 Å². The highest BCUT2D eigenvalue weighted by Gasteiger charge is 2.48. The first kappa shape index (κ1) is 52.8. The van der Waals surface area contributed by atoms with Gasteiger partial charge in [-0.2, -0.15) is 0 Å². The molecule has 4 heterocycles. The molecule has 18 rings (SSSR count). The third-order valence-corrected chi connectivity index (χ3v) is 20.0. The van der Waals surface area contributed by atoms with Crippen molar-refractivity contribution in [3.05, 3.63) is 340 Å². The number of para-hydroxylation sites is 6. The molecular formula is C84H56B2N4S. The lowest BCUT2D eigenvalue weighted by atomic mass is 9.30. The van der Waals surface area contributed by atoms with E-state index in [-0.39, 0.29) is 13.4 Å². The minimum atomic E-state index is -0.182. The van der Waals surface area contributed by atoms with Crippen LogP contribution in [-0.2, 0) is 0 Å². The first-order valence-electron chi connectivity index (χ1n) is 31.4. The lowest BCUT2D eigenvalue weighted by Crippen LogP contribution is -2.64. The van der Waals surface area contributed by atoms with Crippen LogP contribution in [0, 0.1) is 0 Å². The number of hydrogen-bond donors (Lipinski definition) is 0. The van der Waals surface area contributed by atoms with Crippen LogP contribution in [0.25, 0.3) is 44.5 Å². The van der Waals surface area contributed by atoms with Crippen LogP contribution >= 0.6 is 11.8 Å². The van der Waals surface area contributed by atoms with Crippen LogP contribution in [0.1, 0.15) is 0 Å². The summed E-state index contributed by atoms with van der Waals surface area (Å²) < 4.78 is 0. The van der Waals surface area contributed by atoms with Crippen molar-refractivity contribution in [1.82, 2.24) is 0 Å². The van der Waals surface area contributed by atoms with E-state index in [1.807, 2.05) is 11.8 Å². The average molecular weight is 1180 g/mol. The monoisotopic (exact) mass is 1170 g/mol. The first-order valence-corrected chi connectivity index (χ1v) is 32.2. The van der Waals surface area contributed by atoms with E-state index >= 15 is 0 Å². The Balaban J connectivity index is 0.992. The minimum Gasteiger partial charge on any atom is -0.311 e. The highest BCUT2D eigenvalue weighted by atomic mass is 32.2. The van der Waals surface area contributed by atoms with Crippen molar-refractivity contribution in [2.75, 3.05) is 19.6 Å². The molecule has 0 saturated carbocycles. The van der Waals surface area contributed by atoms with E-state index in [1.165, 1.54) is 53.7 Å². The predicted octanol–water partition coefficient (Wildman–Crippen LogP) is 18.7. The van der Waals surface area contributed by atoms with Crippen LogP contribution < -0.4 is 52.4 Å². The maximum Gasteiger partial charge on any atom is 0.252 e. The topological polar surface area (TPSA) is 13.0 Å². The molecule has 0 atom stereocenters. The Hall–Kier alpha value is -11.2. The highest BCUT2D eigenvalue weighted by molar-refractivity contribution is 8.00. The predicted molar refractivity (Wildman–Crippen MR) is 387 cm³/mol. The maximum atomic E-state index is 2.69. The van der Waals surface area contributed by atoms with E-state index in [4.69, 9.17) is 0 Å². The van der Waals surface area contributed by atoms with E-state index in [0.29, 0.717) is 0 Å². The summed E-state index contributed by atoms with van der Waals surface area (Å²) in [5.74, 6) is 0. The average Bonchev–Trinajstić information content (AvgIpc) is 0.700. The van der Waals surface area contributed by atoms with Crippen molar-refractivity contribution >= 4 is 126 Å². The Labute approximate surface area is 536 Å². The number of rotatable bonds is 10. The summed E-state index contributed by atoms with van der Waals surface area (Å²) in [5.41, 5.74) is 30.4. The van der Waals surface area contributed by atoms with Gasteiger partial charge in [0.15, 0.2) is 0 Å². The molecule has 424 valence electrons. The first-order chi connectivity index (χ1) is 45.2. The Morgan fingerprint density at radius 3 is 1.31 bits per heavy atom. The van der Waals surface area contributed by atoms with Crippen LogP contribution in [0.3, 0.4) is 0 Å². The van der Waals surface area contributed by atoms with Crippen molar-refractivity contribution in [3.63, 3.8) is 0 Å². The van der Waals surface area contributed by atoms with Gasteiger partial charge >= 0.3 is 0 Å². The fraction of sp³-hybridized carbons (Fsp3) is 0. The number of nitrogens with zero attached hydrogens (tertiary/aromatic N) is 4. The Bertz CT molecular complexity index is 5020. The van der Waals surface area contributed by atoms with Crippen molar-refractivity contribution < 1.29 is 0 Å². The molecule has 4 aliphatic heterocycles. The SMILES string of the molecule is c1ccc(-c2cc3c4c(c2)N(c2c(-c5ccccc5)cccc2-c2ccccc2)c2cc5c(cc2B4c2ccccc2N3c2ccccc2-c2ccccc2)B2c3ccccc3Sc3cc(N(c4ccccc4)c4ccccc4)cc(c32)N5c2ccccc2)cc1. The summed E-state index contributed by atoms with van der Waals surface area (Å²) in [7, 11) is 0. The van der Waals surface area contributed by atoms with Gasteiger partial charge < -0.3 is 19.6 Å². The normalized spacial score (nSPS) is 12.9. The van der Waals surface area contributed by atoms with Crippen LogP contribution in [0.4, 0.5) is 68.2 Å². The van der Waals surface area contributed by atoms with E-state index in [2.05, 4.69) is 359 Å². The van der Waals surface area contributed by atoms with Crippen LogP contribution in [0.5, 0.6) is 0 Å². The van der Waals surface area contributed by atoms with Gasteiger partial charge in [-0.1, -0.05) is 272 Å². The molecule has 7 heteroatoms. The summed E-state index contributed by atoms with van der Waals surface area (Å²) in [5, 5.41) is 0. The number of benzene rings is 14. The molecule has 14 aromatic carbocycles. The van der Waals surface area contributed by atoms with E-state index in [1.54, 1.807) is 0 Å². The summed E-state index contributed by atoms with van der Waals surface area (Å²) in [6.45, 7) is -0.281. The van der Waals surface area contributed by atoms with Gasteiger partial charge in [0.2, 0.25) is 6.71 Å². The fourth-order valence-electron chi connectivity index (χ4n) is 15.0. The van der Waals surface area contributed by atoms with E-state index < -0.39 is 0 Å². The molecule has 4 nitrogen and oxygen atoms in total. The molecule has 0 aromatic heterocycles. The van der Waals surface area contributed by atoms with Crippen LogP contribution in [0.2, 0.25) is 0 Å². The second kappa shape index (κ2) is 21.8. The smallest absolute Gasteiger partial charge is 0.252 e. The lowest BCUT2D eigenvalue weighted by Gasteiger charge is -2.47. The molecule has 0 radical (unpaired) electrons. The Morgan fingerprint density at radius 2 is 0.692 bits per heavy atom. The second-order valence-electron chi connectivity index (χ2n) is 23.9. The summed E-state index contributed by atoms with van der Waals surface area (Å²) in [4.78, 5) is 12.8. The van der Waals surface area contributed by atoms with Gasteiger partial charge in [-0.25, -0.2) is 0 Å². The zero-order valence-electron chi connectivity index (χ0n) is 49.7. The summed E-state index contributed by atoms with van der Waals surface area (Å²) in [6, 6.07) is 126.